The molecule has 0 aliphatic rings. The average molecular weight is 288 g/mol. The predicted octanol–water partition coefficient (Wildman–Crippen LogP) is 3.91. The molecule has 3 rings (SSSR count). The number of hydrazone groups is 1. The lowest BCUT2D eigenvalue weighted by atomic mass is 10.0. The van der Waals surface area contributed by atoms with Crippen molar-refractivity contribution in [2.75, 3.05) is 0 Å². The minimum absolute atomic E-state index is 0.208. The quantitative estimate of drug-likeness (QED) is 0.576. The van der Waals surface area contributed by atoms with E-state index in [0.29, 0.717) is 5.56 Å². The van der Waals surface area contributed by atoms with Gasteiger partial charge in [0, 0.05) is 5.56 Å². The summed E-state index contributed by atoms with van der Waals surface area (Å²) < 4.78 is 0. The molecule has 108 valence electrons. The minimum atomic E-state index is -0.208. The Labute approximate surface area is 129 Å². The zero-order chi connectivity index (χ0) is 15.4. The fraction of sp³-hybridized carbons (Fsp3) is 0.0526. The molecule has 0 saturated heterocycles. The largest absolute Gasteiger partial charge is 0.271 e. The van der Waals surface area contributed by atoms with Crippen molar-refractivity contribution in [2.45, 2.75) is 6.92 Å². The number of rotatable bonds is 3. The third-order valence-electron chi connectivity index (χ3n) is 3.46. The van der Waals surface area contributed by atoms with Crippen LogP contribution in [0, 0.1) is 6.92 Å². The number of hydrogen-bond donors (Lipinski definition) is 1. The molecule has 0 bridgehead atoms. The molecule has 0 saturated carbocycles. The summed E-state index contributed by atoms with van der Waals surface area (Å²) in [5, 5.41) is 6.01. The number of carbonyl (C=O) groups excluding carboxylic acids is 1. The zero-order valence-electron chi connectivity index (χ0n) is 12.3. The molecule has 1 amide bonds. The number of nitrogens with zero attached hydrogens (tertiary/aromatic N) is 1. The molecule has 3 nitrogen and oxygen atoms in total. The van der Waals surface area contributed by atoms with E-state index in [-0.39, 0.29) is 5.91 Å². The zero-order valence-corrected chi connectivity index (χ0v) is 12.3. The second-order valence-corrected chi connectivity index (χ2v) is 5.14. The van der Waals surface area contributed by atoms with Crippen LogP contribution in [0.2, 0.25) is 0 Å². The highest BCUT2D eigenvalue weighted by Crippen LogP contribution is 2.18. The monoisotopic (exact) mass is 288 g/mol. The van der Waals surface area contributed by atoms with Gasteiger partial charge in [-0.1, -0.05) is 66.2 Å². The first-order chi connectivity index (χ1) is 10.7. The Morgan fingerprint density at radius 2 is 1.77 bits per heavy atom. The van der Waals surface area contributed by atoms with Gasteiger partial charge < -0.3 is 0 Å². The normalized spacial score (nSPS) is 11.0. The van der Waals surface area contributed by atoms with Gasteiger partial charge in [0.2, 0.25) is 0 Å². The second kappa shape index (κ2) is 6.22. The highest BCUT2D eigenvalue weighted by molar-refractivity contribution is 6.07. The molecule has 0 spiro atoms. The van der Waals surface area contributed by atoms with Crippen LogP contribution in [0.25, 0.3) is 10.8 Å². The van der Waals surface area contributed by atoms with Crippen molar-refractivity contribution in [3.05, 3.63) is 83.4 Å². The van der Waals surface area contributed by atoms with E-state index in [1.165, 1.54) is 0 Å². The second-order valence-electron chi connectivity index (χ2n) is 5.14. The standard InChI is InChI=1S/C19H16N2O/c1-14-6-4-7-15(12-14)13-20-21-19(22)18-11-5-9-16-8-2-3-10-17(16)18/h2-13H,1H3,(H,21,22)/b20-13-. The predicted molar refractivity (Wildman–Crippen MR) is 90.2 cm³/mol. The molecule has 3 heteroatoms. The van der Waals surface area contributed by atoms with E-state index in [1.807, 2.05) is 67.6 Å². The molecule has 0 aliphatic carbocycles. The summed E-state index contributed by atoms with van der Waals surface area (Å²) in [5.41, 5.74) is 5.33. The number of aryl methyl sites for hydroxylation is 1. The van der Waals surface area contributed by atoms with Crippen LogP contribution < -0.4 is 5.43 Å². The van der Waals surface area contributed by atoms with E-state index >= 15 is 0 Å². The van der Waals surface area contributed by atoms with Crippen LogP contribution in [0.4, 0.5) is 0 Å². The van der Waals surface area contributed by atoms with Crippen molar-refractivity contribution in [1.29, 1.82) is 0 Å². The Morgan fingerprint density at radius 3 is 2.64 bits per heavy atom. The third-order valence-corrected chi connectivity index (χ3v) is 3.46. The molecule has 0 aliphatic heterocycles. The highest BCUT2D eigenvalue weighted by atomic mass is 16.2. The van der Waals surface area contributed by atoms with Crippen molar-refractivity contribution in [3.63, 3.8) is 0 Å². The smallest absolute Gasteiger partial charge is 0.267 e. The van der Waals surface area contributed by atoms with Gasteiger partial charge in [-0.2, -0.15) is 5.10 Å². The van der Waals surface area contributed by atoms with Gasteiger partial charge in [-0.05, 0) is 29.3 Å². The van der Waals surface area contributed by atoms with Gasteiger partial charge >= 0.3 is 0 Å². The number of nitrogens with one attached hydrogen (secondary N) is 1. The molecule has 0 heterocycles. The van der Waals surface area contributed by atoms with Crippen molar-refractivity contribution in [3.8, 4) is 0 Å². The van der Waals surface area contributed by atoms with Crippen LogP contribution in [0.15, 0.2) is 71.8 Å². The first-order valence-corrected chi connectivity index (χ1v) is 7.12. The number of benzene rings is 3. The van der Waals surface area contributed by atoms with Gasteiger partial charge in [-0.3, -0.25) is 4.79 Å². The molecule has 0 unspecified atom stereocenters. The summed E-state index contributed by atoms with van der Waals surface area (Å²) in [4.78, 5) is 12.3. The van der Waals surface area contributed by atoms with E-state index in [9.17, 15) is 4.79 Å². The first kappa shape index (κ1) is 14.0. The van der Waals surface area contributed by atoms with Crippen LogP contribution in [-0.2, 0) is 0 Å². The maximum Gasteiger partial charge on any atom is 0.271 e. The van der Waals surface area contributed by atoms with Crippen LogP contribution in [-0.4, -0.2) is 12.1 Å². The summed E-state index contributed by atoms with van der Waals surface area (Å²) in [7, 11) is 0. The Bertz CT molecular complexity index is 847. The Kier molecular flexibility index (Phi) is 3.97. The van der Waals surface area contributed by atoms with E-state index in [4.69, 9.17) is 0 Å². The molecular weight excluding hydrogens is 272 g/mol. The number of fused-ring (bicyclic) bond motifs is 1. The summed E-state index contributed by atoms with van der Waals surface area (Å²) >= 11 is 0. The molecule has 0 aromatic heterocycles. The van der Waals surface area contributed by atoms with E-state index in [1.54, 1.807) is 12.3 Å². The average Bonchev–Trinajstić information content (AvgIpc) is 2.54. The molecule has 0 fully saturated rings. The molecule has 0 atom stereocenters. The van der Waals surface area contributed by atoms with E-state index < -0.39 is 0 Å². The first-order valence-electron chi connectivity index (χ1n) is 7.12. The van der Waals surface area contributed by atoms with Gasteiger partial charge in [0.1, 0.15) is 0 Å². The van der Waals surface area contributed by atoms with Gasteiger partial charge in [-0.15, -0.1) is 0 Å². The molecule has 0 radical (unpaired) electrons. The van der Waals surface area contributed by atoms with Gasteiger partial charge in [0.05, 0.1) is 6.21 Å². The van der Waals surface area contributed by atoms with Crippen molar-refractivity contribution in [1.82, 2.24) is 5.43 Å². The van der Waals surface area contributed by atoms with Crippen molar-refractivity contribution >= 4 is 22.9 Å². The lowest BCUT2D eigenvalue weighted by Crippen LogP contribution is -2.17. The summed E-state index contributed by atoms with van der Waals surface area (Å²) in [6, 6.07) is 21.4. The van der Waals surface area contributed by atoms with Crippen LogP contribution in [0.3, 0.4) is 0 Å². The van der Waals surface area contributed by atoms with Crippen LogP contribution >= 0.6 is 0 Å². The van der Waals surface area contributed by atoms with Crippen molar-refractivity contribution in [2.24, 2.45) is 5.10 Å². The molecule has 3 aromatic rings. The summed E-state index contributed by atoms with van der Waals surface area (Å²) in [6.45, 7) is 2.02. The number of amides is 1. The van der Waals surface area contributed by atoms with Gasteiger partial charge in [-0.25, -0.2) is 5.43 Å². The minimum Gasteiger partial charge on any atom is -0.267 e. The Morgan fingerprint density at radius 1 is 1.00 bits per heavy atom. The maximum atomic E-state index is 12.3. The lowest BCUT2D eigenvalue weighted by Gasteiger charge is -2.04. The number of carbonyl (C=O) groups is 1. The SMILES string of the molecule is Cc1cccc(/C=N\NC(=O)c2cccc3ccccc23)c1. The Hall–Kier alpha value is -2.94. The summed E-state index contributed by atoms with van der Waals surface area (Å²) in [5.74, 6) is -0.208. The van der Waals surface area contributed by atoms with Crippen molar-refractivity contribution < 1.29 is 4.79 Å². The number of hydrogen-bond acceptors (Lipinski definition) is 2. The molecule has 1 N–H and O–H groups in total. The fourth-order valence-electron chi connectivity index (χ4n) is 2.40. The summed E-state index contributed by atoms with van der Waals surface area (Å²) in [6.07, 6.45) is 1.65. The highest BCUT2D eigenvalue weighted by Gasteiger charge is 2.08. The third kappa shape index (κ3) is 3.04. The van der Waals surface area contributed by atoms with Crippen LogP contribution in [0.5, 0.6) is 0 Å². The van der Waals surface area contributed by atoms with Crippen LogP contribution in [0.1, 0.15) is 21.5 Å². The molecule has 3 aromatic carbocycles. The van der Waals surface area contributed by atoms with Gasteiger partial charge in [0.25, 0.3) is 5.91 Å². The molecular formula is C19H16N2O. The lowest BCUT2D eigenvalue weighted by molar-refractivity contribution is 0.0957. The van der Waals surface area contributed by atoms with Gasteiger partial charge in [0.15, 0.2) is 0 Å². The Balaban J connectivity index is 1.79. The van der Waals surface area contributed by atoms with E-state index in [0.717, 1.165) is 21.9 Å². The topological polar surface area (TPSA) is 41.5 Å². The fourth-order valence-corrected chi connectivity index (χ4v) is 2.40. The van der Waals surface area contributed by atoms with E-state index in [2.05, 4.69) is 10.5 Å². The maximum absolute atomic E-state index is 12.3. The molecule has 22 heavy (non-hydrogen) atoms.